The average Bonchev–Trinajstić information content (AvgIpc) is 2.45. The van der Waals surface area contributed by atoms with Crippen LogP contribution >= 0.6 is 39.3 Å². The molecule has 0 unspecified atom stereocenters. The molecule has 0 atom stereocenters. The first-order chi connectivity index (χ1) is 10.4. The summed E-state index contributed by atoms with van der Waals surface area (Å²) in [4.78, 5) is 13.9. The fraction of sp³-hybridized carbons (Fsp3) is 0.438. The van der Waals surface area contributed by atoms with Crippen molar-refractivity contribution >= 4 is 56.2 Å². The lowest BCUT2D eigenvalue weighted by atomic mass is 9.90. The maximum Gasteiger partial charge on any atom is 0.189 e. The number of fused-ring (bicyclic) bond motifs is 1. The summed E-state index contributed by atoms with van der Waals surface area (Å²) in [5.41, 5.74) is 4.72. The van der Waals surface area contributed by atoms with E-state index in [1.165, 1.54) is 0 Å². The van der Waals surface area contributed by atoms with E-state index in [1.807, 2.05) is 19.9 Å². The van der Waals surface area contributed by atoms with Gasteiger partial charge in [-0.15, -0.1) is 0 Å². The third-order valence-corrected chi connectivity index (χ3v) is 5.18. The molecule has 0 saturated heterocycles. The van der Waals surface area contributed by atoms with Gasteiger partial charge < -0.3 is 0 Å². The van der Waals surface area contributed by atoms with Gasteiger partial charge in [-0.3, -0.25) is 4.99 Å². The molecule has 0 radical (unpaired) electrons. The minimum atomic E-state index is 0.196. The van der Waals surface area contributed by atoms with Crippen LogP contribution in [0.2, 0.25) is 5.15 Å². The van der Waals surface area contributed by atoms with Crippen LogP contribution in [-0.4, -0.2) is 27.5 Å². The Kier molecular flexibility index (Phi) is 5.86. The van der Waals surface area contributed by atoms with Crippen molar-refractivity contribution < 1.29 is 0 Å². The van der Waals surface area contributed by atoms with Crippen molar-refractivity contribution in [3.8, 4) is 0 Å². The molecule has 0 bridgehead atoms. The molecule has 1 aliphatic carbocycles. The lowest BCUT2D eigenvalue weighted by Crippen LogP contribution is -2.16. The number of aromatic nitrogens is 2. The van der Waals surface area contributed by atoms with Crippen LogP contribution in [-0.2, 0) is 0 Å². The second-order valence-electron chi connectivity index (χ2n) is 5.17. The molecule has 0 amide bonds. The number of hydrogen-bond acceptors (Lipinski definition) is 4. The van der Waals surface area contributed by atoms with Crippen LogP contribution in [0.1, 0.15) is 45.9 Å². The maximum absolute atomic E-state index is 6.47. The van der Waals surface area contributed by atoms with E-state index in [0.29, 0.717) is 10.3 Å². The van der Waals surface area contributed by atoms with Crippen LogP contribution in [0.4, 0.5) is 0 Å². The van der Waals surface area contributed by atoms with Crippen molar-refractivity contribution in [2.45, 2.75) is 45.8 Å². The fourth-order valence-electron chi connectivity index (χ4n) is 2.30. The van der Waals surface area contributed by atoms with Gasteiger partial charge in [-0.05, 0) is 55.0 Å². The molecule has 6 heteroatoms. The third kappa shape index (κ3) is 3.31. The zero-order chi connectivity index (χ0) is 16.4. The SMILES string of the molecule is C/C=C1\C(=NC(C)C)C(Br)=C(C)c2nc(SCC)nc(Cl)c21. The van der Waals surface area contributed by atoms with Gasteiger partial charge in [0.2, 0.25) is 0 Å². The van der Waals surface area contributed by atoms with Crippen molar-refractivity contribution in [3.05, 3.63) is 27.0 Å². The van der Waals surface area contributed by atoms with E-state index < -0.39 is 0 Å². The van der Waals surface area contributed by atoms with E-state index >= 15 is 0 Å². The average molecular weight is 401 g/mol. The van der Waals surface area contributed by atoms with Crippen molar-refractivity contribution in [2.24, 2.45) is 4.99 Å². The Labute approximate surface area is 149 Å². The molecule has 1 aromatic rings. The van der Waals surface area contributed by atoms with E-state index in [-0.39, 0.29) is 6.04 Å². The van der Waals surface area contributed by atoms with Crippen LogP contribution in [0.15, 0.2) is 20.7 Å². The molecule has 0 fully saturated rings. The van der Waals surface area contributed by atoms with Gasteiger partial charge in [0.1, 0.15) is 5.15 Å². The first kappa shape index (κ1) is 17.7. The standard InChI is InChI=1S/C16H19BrClN3S/c1-6-10-11-13(20-16(22-7-2)21-15(11)18)9(5)12(17)14(10)19-8(3)4/h6,8H,7H2,1-5H3/b10-6-,19-14?. The quantitative estimate of drug-likeness (QED) is 0.374. The molecule has 1 aromatic heterocycles. The summed E-state index contributed by atoms with van der Waals surface area (Å²) < 4.78 is 0.976. The molecular weight excluding hydrogens is 382 g/mol. The number of thioether (sulfide) groups is 1. The number of hydrogen-bond donors (Lipinski definition) is 0. The third-order valence-electron chi connectivity index (χ3n) is 3.21. The highest BCUT2D eigenvalue weighted by Gasteiger charge is 2.29. The van der Waals surface area contributed by atoms with Gasteiger partial charge >= 0.3 is 0 Å². The summed E-state index contributed by atoms with van der Waals surface area (Å²) in [5.74, 6) is 0.912. The highest BCUT2D eigenvalue weighted by atomic mass is 79.9. The van der Waals surface area contributed by atoms with Crippen LogP contribution in [0, 0.1) is 0 Å². The summed E-state index contributed by atoms with van der Waals surface area (Å²) in [6.45, 7) is 10.2. The maximum atomic E-state index is 6.47. The van der Waals surface area contributed by atoms with Crippen LogP contribution < -0.4 is 0 Å². The number of nitrogens with zero attached hydrogens (tertiary/aromatic N) is 3. The Morgan fingerprint density at radius 2 is 2.05 bits per heavy atom. The minimum Gasteiger partial charge on any atom is -0.281 e. The van der Waals surface area contributed by atoms with Crippen LogP contribution in [0.25, 0.3) is 11.1 Å². The molecule has 1 aliphatic rings. The first-order valence-corrected chi connectivity index (χ1v) is 9.38. The fourth-order valence-corrected chi connectivity index (χ4v) is 3.70. The molecule has 0 aromatic carbocycles. The molecule has 0 aliphatic heterocycles. The molecule has 0 spiro atoms. The van der Waals surface area contributed by atoms with Gasteiger partial charge in [0, 0.05) is 21.7 Å². The summed E-state index contributed by atoms with van der Waals surface area (Å²) in [7, 11) is 0. The normalized spacial score (nSPS) is 18.5. The molecule has 22 heavy (non-hydrogen) atoms. The monoisotopic (exact) mass is 399 g/mol. The van der Waals surface area contributed by atoms with Gasteiger partial charge in [-0.1, -0.05) is 36.4 Å². The summed E-state index contributed by atoms with van der Waals surface area (Å²) in [6.07, 6.45) is 2.02. The molecule has 2 rings (SSSR count). The Balaban J connectivity index is 2.75. The lowest BCUT2D eigenvalue weighted by molar-refractivity contribution is 0.838. The Morgan fingerprint density at radius 3 is 2.59 bits per heavy atom. The Morgan fingerprint density at radius 1 is 1.36 bits per heavy atom. The highest BCUT2D eigenvalue weighted by Crippen LogP contribution is 2.41. The summed E-state index contributed by atoms with van der Waals surface area (Å²) in [5, 5.41) is 1.20. The molecule has 118 valence electrons. The van der Waals surface area contributed by atoms with Gasteiger partial charge in [-0.2, -0.15) is 0 Å². The van der Waals surface area contributed by atoms with Gasteiger partial charge in [-0.25, -0.2) is 9.97 Å². The van der Waals surface area contributed by atoms with E-state index in [1.54, 1.807) is 11.8 Å². The first-order valence-electron chi connectivity index (χ1n) is 7.22. The predicted octanol–water partition coefficient (Wildman–Crippen LogP) is 5.63. The van der Waals surface area contributed by atoms with Crippen LogP contribution in [0.5, 0.6) is 0 Å². The van der Waals surface area contributed by atoms with E-state index in [9.17, 15) is 0 Å². The molecule has 3 nitrogen and oxygen atoms in total. The number of aliphatic imine (C=N–C) groups is 1. The topological polar surface area (TPSA) is 38.1 Å². The number of halogens is 2. The second-order valence-corrected chi connectivity index (χ2v) is 7.55. The second kappa shape index (κ2) is 7.28. The van der Waals surface area contributed by atoms with Crippen LogP contribution in [0.3, 0.4) is 0 Å². The summed E-state index contributed by atoms with van der Waals surface area (Å²) >= 11 is 11.8. The predicted molar refractivity (Wildman–Crippen MR) is 101 cm³/mol. The summed E-state index contributed by atoms with van der Waals surface area (Å²) in [6, 6.07) is 0.196. The van der Waals surface area contributed by atoms with E-state index in [4.69, 9.17) is 21.6 Å². The molecule has 0 saturated carbocycles. The van der Waals surface area contributed by atoms with Crippen molar-refractivity contribution in [3.63, 3.8) is 0 Å². The van der Waals surface area contributed by atoms with E-state index in [0.717, 1.165) is 38.4 Å². The zero-order valence-corrected chi connectivity index (χ0v) is 16.5. The largest absolute Gasteiger partial charge is 0.281 e. The number of rotatable bonds is 3. The van der Waals surface area contributed by atoms with Gasteiger partial charge in [0.15, 0.2) is 5.16 Å². The zero-order valence-electron chi connectivity index (χ0n) is 13.4. The number of allylic oxidation sites excluding steroid dienone is 4. The molecular formula is C16H19BrClN3S. The molecule has 0 N–H and O–H groups in total. The van der Waals surface area contributed by atoms with Gasteiger partial charge in [0.05, 0.1) is 11.4 Å². The lowest BCUT2D eigenvalue weighted by Gasteiger charge is -2.23. The highest BCUT2D eigenvalue weighted by molar-refractivity contribution is 9.12. The Hall–Kier alpha value is -0.650. The van der Waals surface area contributed by atoms with Crippen molar-refractivity contribution in [2.75, 3.05) is 5.75 Å². The molecule has 1 heterocycles. The smallest absolute Gasteiger partial charge is 0.189 e. The van der Waals surface area contributed by atoms with E-state index in [2.05, 4.69) is 41.7 Å². The minimum absolute atomic E-state index is 0.196. The van der Waals surface area contributed by atoms with Crippen molar-refractivity contribution in [1.82, 2.24) is 9.97 Å². The van der Waals surface area contributed by atoms with Crippen molar-refractivity contribution in [1.29, 1.82) is 0 Å². The Bertz CT molecular complexity index is 693. The van der Waals surface area contributed by atoms with Gasteiger partial charge in [0.25, 0.3) is 0 Å².